The molecule has 0 aliphatic heterocycles. The summed E-state index contributed by atoms with van der Waals surface area (Å²) in [4.78, 5) is 24.1. The van der Waals surface area contributed by atoms with Crippen LogP contribution in [0.5, 0.6) is 5.75 Å². The van der Waals surface area contributed by atoms with E-state index in [1.807, 2.05) is 0 Å². The van der Waals surface area contributed by atoms with E-state index in [1.54, 1.807) is 32.9 Å². The monoisotopic (exact) mass is 280 g/mol. The first kappa shape index (κ1) is 14.5. The molecule has 5 heteroatoms. The number of fused-ring (bicyclic) bond motifs is 1. The van der Waals surface area contributed by atoms with Gasteiger partial charge in [-0.1, -0.05) is 6.07 Å². The molecule has 1 atom stereocenters. The van der Waals surface area contributed by atoms with E-state index < -0.39 is 23.0 Å². The first-order valence-electron chi connectivity index (χ1n) is 6.31. The Morgan fingerprint density at radius 3 is 2.55 bits per heavy atom. The first-order valence-corrected chi connectivity index (χ1v) is 6.31. The van der Waals surface area contributed by atoms with Crippen molar-refractivity contribution in [2.45, 2.75) is 38.5 Å². The van der Waals surface area contributed by atoms with Crippen molar-refractivity contribution in [2.24, 2.45) is 0 Å². The number of ether oxygens (including phenoxy) is 2. The summed E-state index contributed by atoms with van der Waals surface area (Å²) < 4.78 is 24.8. The minimum atomic E-state index is -2.64. The summed E-state index contributed by atoms with van der Waals surface area (Å²) in [6.45, 7) is 4.89. The molecule has 0 fully saturated rings. The van der Waals surface area contributed by atoms with Gasteiger partial charge in [-0.05, 0) is 38.5 Å². The molecule has 0 spiro atoms. The van der Waals surface area contributed by atoms with Gasteiger partial charge in [0.25, 0.3) is 5.67 Å². The van der Waals surface area contributed by atoms with E-state index in [1.165, 1.54) is 13.2 Å². The van der Waals surface area contributed by atoms with Gasteiger partial charge >= 0.3 is 5.97 Å². The Kier molecular flexibility index (Phi) is 3.32. The second-order valence-electron chi connectivity index (χ2n) is 5.83. The summed E-state index contributed by atoms with van der Waals surface area (Å²) in [6.07, 6.45) is -0.292. The molecule has 0 bridgehead atoms. The van der Waals surface area contributed by atoms with Crippen LogP contribution in [0.15, 0.2) is 18.2 Å². The van der Waals surface area contributed by atoms with Crippen LogP contribution in [-0.4, -0.2) is 30.1 Å². The maximum atomic E-state index is 14.8. The van der Waals surface area contributed by atoms with Gasteiger partial charge in [0.05, 0.1) is 7.11 Å². The van der Waals surface area contributed by atoms with Crippen LogP contribution >= 0.6 is 0 Å². The average Bonchev–Trinajstić information content (AvgIpc) is 2.61. The molecule has 0 amide bonds. The lowest BCUT2D eigenvalue weighted by Crippen LogP contribution is -2.44. The van der Waals surface area contributed by atoms with Crippen molar-refractivity contribution < 1.29 is 23.5 Å². The third kappa shape index (κ3) is 2.40. The lowest BCUT2D eigenvalue weighted by Gasteiger charge is -2.24. The summed E-state index contributed by atoms with van der Waals surface area (Å²) in [5.41, 5.74) is -2.81. The average molecular weight is 280 g/mol. The van der Waals surface area contributed by atoms with Crippen LogP contribution in [0.3, 0.4) is 0 Å². The van der Waals surface area contributed by atoms with Crippen LogP contribution in [-0.2, 0) is 16.0 Å². The van der Waals surface area contributed by atoms with Crippen molar-refractivity contribution in [3.63, 3.8) is 0 Å². The number of benzene rings is 1. The number of halogens is 1. The summed E-state index contributed by atoms with van der Waals surface area (Å²) in [7, 11) is 1.46. The molecular formula is C15H17FO4. The van der Waals surface area contributed by atoms with Crippen LogP contribution in [0.2, 0.25) is 0 Å². The molecule has 0 saturated heterocycles. The van der Waals surface area contributed by atoms with Gasteiger partial charge in [0.2, 0.25) is 5.78 Å². The van der Waals surface area contributed by atoms with Crippen LogP contribution < -0.4 is 4.74 Å². The fourth-order valence-corrected chi connectivity index (χ4v) is 2.13. The molecule has 20 heavy (non-hydrogen) atoms. The van der Waals surface area contributed by atoms with Gasteiger partial charge in [-0.3, -0.25) is 4.79 Å². The fourth-order valence-electron chi connectivity index (χ4n) is 2.13. The van der Waals surface area contributed by atoms with Gasteiger partial charge in [0.1, 0.15) is 11.4 Å². The number of hydrogen-bond donors (Lipinski definition) is 0. The maximum absolute atomic E-state index is 14.8. The second-order valence-corrected chi connectivity index (χ2v) is 5.83. The number of carbonyl (C=O) groups excluding carboxylic acids is 2. The molecule has 0 heterocycles. The highest BCUT2D eigenvalue weighted by Gasteiger charge is 2.54. The quantitative estimate of drug-likeness (QED) is 0.617. The molecule has 4 nitrogen and oxygen atoms in total. The number of carbonyl (C=O) groups is 2. The van der Waals surface area contributed by atoms with Crippen LogP contribution in [0.1, 0.15) is 36.7 Å². The summed E-state index contributed by atoms with van der Waals surface area (Å²) >= 11 is 0. The summed E-state index contributed by atoms with van der Waals surface area (Å²) in [5.74, 6) is -1.55. The predicted octanol–water partition coefficient (Wildman–Crippen LogP) is 2.48. The number of rotatable bonds is 2. The largest absolute Gasteiger partial charge is 0.497 e. The van der Waals surface area contributed by atoms with Crippen molar-refractivity contribution in [3.8, 4) is 5.75 Å². The standard InChI is InChI=1S/C15H17FO4/c1-14(2,3)20-13(18)15(16)8-9-5-6-10(19-4)7-11(9)12(15)17/h5-7H,8H2,1-4H3/t15-/m0/s1. The van der Waals surface area contributed by atoms with E-state index in [-0.39, 0.29) is 12.0 Å². The highest BCUT2D eigenvalue weighted by molar-refractivity contribution is 6.19. The number of ketones is 1. The van der Waals surface area contributed by atoms with Crippen molar-refractivity contribution in [1.29, 1.82) is 0 Å². The Morgan fingerprint density at radius 1 is 1.35 bits per heavy atom. The maximum Gasteiger partial charge on any atom is 0.353 e. The number of alkyl halides is 1. The molecule has 0 N–H and O–H groups in total. The Labute approximate surface area is 116 Å². The minimum absolute atomic E-state index is 0.178. The number of esters is 1. The SMILES string of the molecule is COc1ccc2c(c1)C(=O)[C@](F)(C(=O)OC(C)(C)C)C2. The number of Topliss-reactive ketones (excluding diaryl/α,β-unsaturated/α-hetero) is 1. The summed E-state index contributed by atoms with van der Waals surface area (Å²) in [5, 5.41) is 0. The van der Waals surface area contributed by atoms with E-state index >= 15 is 0 Å². The Hall–Kier alpha value is -1.91. The summed E-state index contributed by atoms with van der Waals surface area (Å²) in [6, 6.07) is 4.67. The zero-order chi connectivity index (χ0) is 15.1. The number of hydrogen-bond acceptors (Lipinski definition) is 4. The van der Waals surface area contributed by atoms with E-state index in [4.69, 9.17) is 9.47 Å². The molecule has 1 aliphatic rings. The van der Waals surface area contributed by atoms with Crippen molar-refractivity contribution >= 4 is 11.8 Å². The Bertz CT molecular complexity index is 574. The second kappa shape index (κ2) is 4.58. The smallest absolute Gasteiger partial charge is 0.353 e. The van der Waals surface area contributed by atoms with Gasteiger partial charge in [0.15, 0.2) is 0 Å². The van der Waals surface area contributed by atoms with Gasteiger partial charge in [0, 0.05) is 12.0 Å². The Morgan fingerprint density at radius 2 is 2.00 bits per heavy atom. The normalized spacial score (nSPS) is 21.6. The van der Waals surface area contributed by atoms with Crippen LogP contribution in [0.25, 0.3) is 0 Å². The minimum Gasteiger partial charge on any atom is -0.497 e. The van der Waals surface area contributed by atoms with E-state index in [0.29, 0.717) is 11.3 Å². The van der Waals surface area contributed by atoms with E-state index in [9.17, 15) is 14.0 Å². The zero-order valence-electron chi connectivity index (χ0n) is 12.0. The lowest BCUT2D eigenvalue weighted by atomic mass is 10.0. The van der Waals surface area contributed by atoms with Gasteiger partial charge in [-0.25, -0.2) is 9.18 Å². The molecule has 0 saturated carbocycles. The van der Waals surface area contributed by atoms with Gasteiger partial charge in [-0.2, -0.15) is 0 Å². The molecule has 1 aromatic rings. The highest BCUT2D eigenvalue weighted by Crippen LogP contribution is 2.36. The molecule has 0 aromatic heterocycles. The molecule has 2 rings (SSSR count). The van der Waals surface area contributed by atoms with E-state index in [0.717, 1.165) is 0 Å². The third-order valence-electron chi connectivity index (χ3n) is 3.08. The topological polar surface area (TPSA) is 52.6 Å². The molecular weight excluding hydrogens is 263 g/mol. The zero-order valence-corrected chi connectivity index (χ0v) is 12.0. The Balaban J connectivity index is 2.33. The predicted molar refractivity (Wildman–Crippen MR) is 70.7 cm³/mol. The van der Waals surface area contributed by atoms with E-state index in [2.05, 4.69) is 0 Å². The highest BCUT2D eigenvalue weighted by atomic mass is 19.1. The van der Waals surface area contributed by atoms with Crippen LogP contribution in [0.4, 0.5) is 4.39 Å². The van der Waals surface area contributed by atoms with Crippen molar-refractivity contribution in [2.75, 3.05) is 7.11 Å². The van der Waals surface area contributed by atoms with Crippen molar-refractivity contribution in [3.05, 3.63) is 29.3 Å². The molecule has 1 aromatic carbocycles. The molecule has 1 aliphatic carbocycles. The van der Waals surface area contributed by atoms with Crippen molar-refractivity contribution in [1.82, 2.24) is 0 Å². The van der Waals surface area contributed by atoms with Gasteiger partial charge in [-0.15, -0.1) is 0 Å². The van der Waals surface area contributed by atoms with Gasteiger partial charge < -0.3 is 9.47 Å². The molecule has 0 unspecified atom stereocenters. The lowest BCUT2D eigenvalue weighted by molar-refractivity contribution is -0.165. The molecule has 108 valence electrons. The molecule has 0 radical (unpaired) electrons. The number of methoxy groups -OCH3 is 1. The first-order chi connectivity index (χ1) is 9.17. The third-order valence-corrected chi connectivity index (χ3v) is 3.08. The fraction of sp³-hybridized carbons (Fsp3) is 0.467. The van der Waals surface area contributed by atoms with Crippen LogP contribution in [0, 0.1) is 0 Å².